The fraction of sp³-hybridized carbons (Fsp3) is 0.455. The normalized spacial score (nSPS) is 11.1. The summed E-state index contributed by atoms with van der Waals surface area (Å²) in [6.45, 7) is 5.97. The van der Waals surface area contributed by atoms with Crippen LogP contribution in [0.2, 0.25) is 0 Å². The molecule has 0 N–H and O–H groups in total. The molecule has 0 unspecified atom stereocenters. The highest BCUT2D eigenvalue weighted by Crippen LogP contribution is 2.21. The molecule has 86 valence electrons. The third-order valence-electron chi connectivity index (χ3n) is 2.66. The number of aryl methyl sites for hydroxylation is 4. The molecule has 0 aliphatic carbocycles. The summed E-state index contributed by atoms with van der Waals surface area (Å²) in [5.41, 5.74) is 4.08. The number of aromatic nitrogens is 4. The Labute approximate surface area is 99.8 Å². The third-order valence-corrected chi connectivity index (χ3v) is 2.92. The van der Waals surface area contributed by atoms with Gasteiger partial charge in [0.25, 0.3) is 0 Å². The van der Waals surface area contributed by atoms with Crippen molar-refractivity contribution in [2.75, 3.05) is 0 Å². The molecule has 0 fully saturated rings. The highest BCUT2D eigenvalue weighted by molar-refractivity contribution is 6.17. The van der Waals surface area contributed by atoms with Crippen LogP contribution in [0, 0.1) is 20.8 Å². The van der Waals surface area contributed by atoms with Gasteiger partial charge in [0.15, 0.2) is 5.82 Å². The maximum atomic E-state index is 5.97. The van der Waals surface area contributed by atoms with Crippen molar-refractivity contribution >= 4 is 11.6 Å². The molecule has 16 heavy (non-hydrogen) atoms. The predicted molar refractivity (Wildman–Crippen MR) is 64.1 cm³/mol. The SMILES string of the molecule is Cc1cc(C)n(-c2c(CCl)c(C)nn2C)n1. The van der Waals surface area contributed by atoms with Crippen LogP contribution in [0.25, 0.3) is 5.82 Å². The second-order valence-corrected chi connectivity index (χ2v) is 4.25. The number of hydrogen-bond acceptors (Lipinski definition) is 2. The topological polar surface area (TPSA) is 35.6 Å². The molecule has 0 aliphatic heterocycles. The highest BCUT2D eigenvalue weighted by atomic mass is 35.5. The van der Waals surface area contributed by atoms with E-state index in [1.807, 2.05) is 43.2 Å². The number of nitrogens with zero attached hydrogens (tertiary/aromatic N) is 4. The second kappa shape index (κ2) is 3.94. The molecule has 2 aromatic rings. The molecule has 0 aromatic carbocycles. The molecule has 0 saturated heterocycles. The summed E-state index contributed by atoms with van der Waals surface area (Å²) in [6, 6.07) is 2.04. The van der Waals surface area contributed by atoms with E-state index in [0.717, 1.165) is 28.5 Å². The molecule has 2 heterocycles. The van der Waals surface area contributed by atoms with E-state index in [9.17, 15) is 0 Å². The maximum absolute atomic E-state index is 5.97. The van der Waals surface area contributed by atoms with Crippen LogP contribution in [-0.4, -0.2) is 19.6 Å². The lowest BCUT2D eigenvalue weighted by Gasteiger charge is -2.06. The standard InChI is InChI=1S/C11H15ClN4/c1-7-5-8(2)16(13-7)11-10(6-12)9(3)14-15(11)4/h5H,6H2,1-4H3. The molecule has 0 amide bonds. The lowest BCUT2D eigenvalue weighted by Crippen LogP contribution is -2.08. The van der Waals surface area contributed by atoms with Gasteiger partial charge in [-0.1, -0.05) is 0 Å². The van der Waals surface area contributed by atoms with Gasteiger partial charge in [-0.25, -0.2) is 4.68 Å². The summed E-state index contributed by atoms with van der Waals surface area (Å²) in [4.78, 5) is 0. The minimum absolute atomic E-state index is 0.452. The lowest BCUT2D eigenvalue weighted by atomic mass is 10.3. The molecule has 0 spiro atoms. The zero-order chi connectivity index (χ0) is 11.9. The van der Waals surface area contributed by atoms with Crippen LogP contribution < -0.4 is 0 Å². The Balaban J connectivity index is 2.68. The first-order chi connectivity index (χ1) is 7.54. The van der Waals surface area contributed by atoms with Crippen molar-refractivity contribution in [2.45, 2.75) is 26.7 Å². The van der Waals surface area contributed by atoms with E-state index in [0.29, 0.717) is 5.88 Å². The second-order valence-electron chi connectivity index (χ2n) is 3.98. The maximum Gasteiger partial charge on any atom is 0.156 e. The first-order valence-corrected chi connectivity index (χ1v) is 5.70. The van der Waals surface area contributed by atoms with E-state index in [2.05, 4.69) is 10.2 Å². The first-order valence-electron chi connectivity index (χ1n) is 5.16. The molecule has 0 radical (unpaired) electrons. The van der Waals surface area contributed by atoms with Crippen LogP contribution in [0.1, 0.15) is 22.6 Å². The van der Waals surface area contributed by atoms with Crippen molar-refractivity contribution in [2.24, 2.45) is 7.05 Å². The average Bonchev–Trinajstić information content (AvgIpc) is 2.66. The average molecular weight is 239 g/mol. The van der Waals surface area contributed by atoms with E-state index >= 15 is 0 Å². The zero-order valence-corrected chi connectivity index (χ0v) is 10.7. The Kier molecular flexibility index (Phi) is 2.76. The van der Waals surface area contributed by atoms with Crippen molar-refractivity contribution in [1.82, 2.24) is 19.6 Å². The van der Waals surface area contributed by atoms with Crippen LogP contribution >= 0.6 is 11.6 Å². The molecule has 0 saturated carbocycles. The monoisotopic (exact) mass is 238 g/mol. The van der Waals surface area contributed by atoms with Crippen molar-refractivity contribution in [3.63, 3.8) is 0 Å². The number of rotatable bonds is 2. The van der Waals surface area contributed by atoms with Crippen LogP contribution in [0.3, 0.4) is 0 Å². The summed E-state index contributed by atoms with van der Waals surface area (Å²) in [5.74, 6) is 1.41. The van der Waals surface area contributed by atoms with Crippen molar-refractivity contribution in [3.05, 3.63) is 28.7 Å². The number of alkyl halides is 1. The Bertz CT molecular complexity index is 524. The van der Waals surface area contributed by atoms with E-state index in [4.69, 9.17) is 11.6 Å². The quantitative estimate of drug-likeness (QED) is 0.753. The van der Waals surface area contributed by atoms with Gasteiger partial charge in [-0.05, 0) is 26.8 Å². The van der Waals surface area contributed by atoms with Gasteiger partial charge in [-0.2, -0.15) is 10.2 Å². The molecule has 4 nitrogen and oxygen atoms in total. The Morgan fingerprint density at radius 2 is 1.94 bits per heavy atom. The van der Waals surface area contributed by atoms with Crippen molar-refractivity contribution in [1.29, 1.82) is 0 Å². The Morgan fingerprint density at radius 3 is 2.44 bits per heavy atom. The van der Waals surface area contributed by atoms with Crippen LogP contribution in [-0.2, 0) is 12.9 Å². The van der Waals surface area contributed by atoms with E-state index in [1.165, 1.54) is 0 Å². The molecule has 0 atom stereocenters. The van der Waals surface area contributed by atoms with Crippen LogP contribution in [0.4, 0.5) is 0 Å². The fourth-order valence-electron chi connectivity index (χ4n) is 1.95. The van der Waals surface area contributed by atoms with Gasteiger partial charge in [0, 0.05) is 18.3 Å². The zero-order valence-electron chi connectivity index (χ0n) is 9.95. The predicted octanol–water partition coefficient (Wildman–Crippen LogP) is 2.27. The van der Waals surface area contributed by atoms with Gasteiger partial charge in [0.05, 0.1) is 17.3 Å². The summed E-state index contributed by atoms with van der Waals surface area (Å²) in [7, 11) is 1.91. The smallest absolute Gasteiger partial charge is 0.156 e. The lowest BCUT2D eigenvalue weighted by molar-refractivity contribution is 0.681. The summed E-state index contributed by atoms with van der Waals surface area (Å²) >= 11 is 5.97. The third kappa shape index (κ3) is 1.63. The molecule has 0 bridgehead atoms. The van der Waals surface area contributed by atoms with Gasteiger partial charge in [-0.15, -0.1) is 11.6 Å². The van der Waals surface area contributed by atoms with E-state index in [-0.39, 0.29) is 0 Å². The fourth-order valence-corrected chi connectivity index (χ4v) is 2.27. The first kappa shape index (κ1) is 11.2. The molecular formula is C11H15ClN4. The Morgan fingerprint density at radius 1 is 1.25 bits per heavy atom. The summed E-state index contributed by atoms with van der Waals surface area (Å²) < 4.78 is 3.72. The highest BCUT2D eigenvalue weighted by Gasteiger charge is 2.16. The van der Waals surface area contributed by atoms with Gasteiger partial charge in [-0.3, -0.25) is 4.68 Å². The Hall–Kier alpha value is -1.29. The number of hydrogen-bond donors (Lipinski definition) is 0. The molecule has 5 heteroatoms. The molecular weight excluding hydrogens is 224 g/mol. The van der Waals surface area contributed by atoms with E-state index < -0.39 is 0 Å². The summed E-state index contributed by atoms with van der Waals surface area (Å²) in [5, 5.41) is 8.84. The van der Waals surface area contributed by atoms with Crippen LogP contribution in [0.5, 0.6) is 0 Å². The van der Waals surface area contributed by atoms with Crippen LogP contribution in [0.15, 0.2) is 6.07 Å². The molecule has 2 aromatic heterocycles. The van der Waals surface area contributed by atoms with Gasteiger partial charge >= 0.3 is 0 Å². The van der Waals surface area contributed by atoms with Crippen molar-refractivity contribution in [3.8, 4) is 5.82 Å². The molecule has 2 rings (SSSR count). The minimum Gasteiger partial charge on any atom is -0.250 e. The number of halogens is 1. The van der Waals surface area contributed by atoms with Gasteiger partial charge < -0.3 is 0 Å². The minimum atomic E-state index is 0.452. The summed E-state index contributed by atoms with van der Waals surface area (Å²) in [6.07, 6.45) is 0. The van der Waals surface area contributed by atoms with Gasteiger partial charge in [0.2, 0.25) is 0 Å². The molecule has 0 aliphatic rings. The van der Waals surface area contributed by atoms with Gasteiger partial charge in [0.1, 0.15) is 0 Å². The largest absolute Gasteiger partial charge is 0.250 e. The van der Waals surface area contributed by atoms with E-state index in [1.54, 1.807) is 0 Å². The van der Waals surface area contributed by atoms with Crippen molar-refractivity contribution < 1.29 is 0 Å².